The standard InChI is InChI=1S/C24H30N2O3/c1-29-21-11-5-9-20(17-21)18-24(15-13-23(28)26-24)14-12-22(27)25-16-6-10-19-7-3-2-4-8-19/h2-5,7-9,11,17H,6,10,12-16,18H2,1H3,(H,25,27)(H,26,28). The lowest BCUT2D eigenvalue weighted by molar-refractivity contribution is -0.122. The molecule has 1 heterocycles. The molecule has 0 saturated carbocycles. The highest BCUT2D eigenvalue weighted by atomic mass is 16.5. The zero-order chi connectivity index (χ0) is 20.5. The van der Waals surface area contributed by atoms with E-state index < -0.39 is 0 Å². The molecule has 0 bridgehead atoms. The summed E-state index contributed by atoms with van der Waals surface area (Å²) in [6, 6.07) is 18.2. The number of aryl methyl sites for hydroxylation is 1. The zero-order valence-corrected chi connectivity index (χ0v) is 17.1. The van der Waals surface area contributed by atoms with Gasteiger partial charge in [0.1, 0.15) is 5.75 Å². The number of amides is 2. The summed E-state index contributed by atoms with van der Waals surface area (Å²) in [5.74, 6) is 0.915. The van der Waals surface area contributed by atoms with Gasteiger partial charge in [-0.25, -0.2) is 0 Å². The van der Waals surface area contributed by atoms with Gasteiger partial charge in [-0.15, -0.1) is 0 Å². The summed E-state index contributed by atoms with van der Waals surface area (Å²) in [5.41, 5.74) is 2.03. The van der Waals surface area contributed by atoms with E-state index in [0.717, 1.165) is 30.6 Å². The van der Waals surface area contributed by atoms with E-state index in [1.165, 1.54) is 5.56 Å². The van der Waals surface area contributed by atoms with Gasteiger partial charge in [-0.1, -0.05) is 42.5 Å². The van der Waals surface area contributed by atoms with Crippen molar-refractivity contribution in [2.75, 3.05) is 13.7 Å². The summed E-state index contributed by atoms with van der Waals surface area (Å²) in [4.78, 5) is 24.3. The maximum Gasteiger partial charge on any atom is 0.220 e. The van der Waals surface area contributed by atoms with E-state index in [4.69, 9.17) is 4.74 Å². The van der Waals surface area contributed by atoms with Crippen molar-refractivity contribution in [2.45, 2.75) is 50.5 Å². The Hall–Kier alpha value is -2.82. The molecule has 1 atom stereocenters. The third kappa shape index (κ3) is 6.34. The number of hydrogen-bond donors (Lipinski definition) is 2. The maximum atomic E-state index is 12.3. The fraction of sp³-hybridized carbons (Fsp3) is 0.417. The molecule has 0 radical (unpaired) electrons. The highest BCUT2D eigenvalue weighted by molar-refractivity contribution is 5.80. The number of hydrogen-bond acceptors (Lipinski definition) is 3. The highest BCUT2D eigenvalue weighted by Crippen LogP contribution is 2.30. The molecule has 1 aliphatic heterocycles. The van der Waals surface area contributed by atoms with Gasteiger partial charge in [0.15, 0.2) is 0 Å². The van der Waals surface area contributed by atoms with Gasteiger partial charge in [0.05, 0.1) is 7.11 Å². The molecule has 1 unspecified atom stereocenters. The Bertz CT molecular complexity index is 822. The second-order valence-corrected chi connectivity index (χ2v) is 7.80. The van der Waals surface area contributed by atoms with E-state index in [0.29, 0.717) is 32.2 Å². The van der Waals surface area contributed by atoms with Crippen molar-refractivity contribution >= 4 is 11.8 Å². The first-order valence-electron chi connectivity index (χ1n) is 10.3. The first kappa shape index (κ1) is 20.9. The predicted molar refractivity (Wildman–Crippen MR) is 114 cm³/mol. The quantitative estimate of drug-likeness (QED) is 0.607. The first-order valence-corrected chi connectivity index (χ1v) is 10.3. The van der Waals surface area contributed by atoms with Crippen molar-refractivity contribution < 1.29 is 14.3 Å². The van der Waals surface area contributed by atoms with Gasteiger partial charge >= 0.3 is 0 Å². The third-order valence-electron chi connectivity index (χ3n) is 5.55. The Kier molecular flexibility index (Phi) is 7.28. The van der Waals surface area contributed by atoms with Crippen LogP contribution in [-0.4, -0.2) is 31.0 Å². The Balaban J connectivity index is 1.48. The number of rotatable bonds is 10. The minimum atomic E-state index is -0.356. The second kappa shape index (κ2) is 10.1. The highest BCUT2D eigenvalue weighted by Gasteiger charge is 2.37. The van der Waals surface area contributed by atoms with Crippen molar-refractivity contribution in [2.24, 2.45) is 0 Å². The Morgan fingerprint density at radius 3 is 2.66 bits per heavy atom. The molecule has 1 saturated heterocycles. The van der Waals surface area contributed by atoms with E-state index >= 15 is 0 Å². The van der Waals surface area contributed by atoms with Crippen LogP contribution in [-0.2, 0) is 22.4 Å². The van der Waals surface area contributed by atoms with Gasteiger partial charge in [-0.05, 0) is 55.4 Å². The van der Waals surface area contributed by atoms with Gasteiger partial charge in [0, 0.05) is 24.9 Å². The molecular formula is C24H30N2O3. The van der Waals surface area contributed by atoms with E-state index in [2.05, 4.69) is 22.8 Å². The molecule has 0 aliphatic carbocycles. The molecule has 5 nitrogen and oxygen atoms in total. The van der Waals surface area contributed by atoms with E-state index in [1.807, 2.05) is 42.5 Å². The second-order valence-electron chi connectivity index (χ2n) is 7.80. The lowest BCUT2D eigenvalue weighted by Gasteiger charge is -2.29. The molecule has 2 N–H and O–H groups in total. The van der Waals surface area contributed by atoms with Crippen molar-refractivity contribution in [3.05, 3.63) is 65.7 Å². The normalized spacial score (nSPS) is 18.3. The molecule has 154 valence electrons. The fourth-order valence-electron chi connectivity index (χ4n) is 3.96. The SMILES string of the molecule is COc1cccc(CC2(CCC(=O)NCCCc3ccccc3)CCC(=O)N2)c1. The van der Waals surface area contributed by atoms with Crippen LogP contribution in [0.2, 0.25) is 0 Å². The predicted octanol–water partition coefficient (Wildman–Crippen LogP) is 3.42. The number of carbonyl (C=O) groups excluding carboxylic acids is 2. The average molecular weight is 395 g/mol. The van der Waals surface area contributed by atoms with Crippen LogP contribution < -0.4 is 15.4 Å². The van der Waals surface area contributed by atoms with Crippen LogP contribution in [0.3, 0.4) is 0 Å². The van der Waals surface area contributed by atoms with Crippen LogP contribution in [0.15, 0.2) is 54.6 Å². The van der Waals surface area contributed by atoms with Crippen LogP contribution >= 0.6 is 0 Å². The van der Waals surface area contributed by atoms with Crippen molar-refractivity contribution in [1.29, 1.82) is 0 Å². The van der Waals surface area contributed by atoms with Crippen molar-refractivity contribution in [1.82, 2.24) is 10.6 Å². The molecule has 29 heavy (non-hydrogen) atoms. The number of nitrogens with one attached hydrogen (secondary N) is 2. The van der Waals surface area contributed by atoms with Crippen LogP contribution in [0, 0.1) is 0 Å². The Morgan fingerprint density at radius 1 is 1.14 bits per heavy atom. The van der Waals surface area contributed by atoms with Crippen LogP contribution in [0.4, 0.5) is 0 Å². The number of ether oxygens (including phenoxy) is 1. The molecule has 2 aromatic rings. The summed E-state index contributed by atoms with van der Waals surface area (Å²) in [7, 11) is 1.65. The summed E-state index contributed by atoms with van der Waals surface area (Å²) in [6.07, 6.45) is 4.90. The van der Waals surface area contributed by atoms with E-state index in [9.17, 15) is 9.59 Å². The topological polar surface area (TPSA) is 67.4 Å². The fourth-order valence-corrected chi connectivity index (χ4v) is 3.96. The summed E-state index contributed by atoms with van der Waals surface area (Å²) in [6.45, 7) is 0.670. The number of methoxy groups -OCH3 is 1. The minimum absolute atomic E-state index is 0.0456. The zero-order valence-electron chi connectivity index (χ0n) is 17.1. The van der Waals surface area contributed by atoms with Gasteiger partial charge in [0.2, 0.25) is 11.8 Å². The van der Waals surface area contributed by atoms with E-state index in [1.54, 1.807) is 7.11 Å². The number of benzene rings is 2. The van der Waals surface area contributed by atoms with Crippen LogP contribution in [0.25, 0.3) is 0 Å². The molecule has 0 aromatic heterocycles. The molecule has 2 aromatic carbocycles. The summed E-state index contributed by atoms with van der Waals surface area (Å²) < 4.78 is 5.31. The molecule has 3 rings (SSSR count). The van der Waals surface area contributed by atoms with Crippen LogP contribution in [0.5, 0.6) is 5.75 Å². The summed E-state index contributed by atoms with van der Waals surface area (Å²) >= 11 is 0. The van der Waals surface area contributed by atoms with Gasteiger partial charge in [-0.3, -0.25) is 9.59 Å². The number of carbonyl (C=O) groups is 2. The van der Waals surface area contributed by atoms with E-state index in [-0.39, 0.29) is 17.4 Å². The Labute approximate surface area is 172 Å². The molecule has 0 spiro atoms. The average Bonchev–Trinajstić information content (AvgIpc) is 3.11. The smallest absolute Gasteiger partial charge is 0.220 e. The molecular weight excluding hydrogens is 364 g/mol. The van der Waals surface area contributed by atoms with Gasteiger partial charge in [-0.2, -0.15) is 0 Å². The Morgan fingerprint density at radius 2 is 1.93 bits per heavy atom. The summed E-state index contributed by atoms with van der Waals surface area (Å²) in [5, 5.41) is 6.15. The maximum absolute atomic E-state index is 12.3. The third-order valence-corrected chi connectivity index (χ3v) is 5.55. The molecule has 1 fully saturated rings. The largest absolute Gasteiger partial charge is 0.497 e. The lowest BCUT2D eigenvalue weighted by Crippen LogP contribution is -2.44. The van der Waals surface area contributed by atoms with Crippen LogP contribution in [0.1, 0.15) is 43.2 Å². The first-order chi connectivity index (χ1) is 14.1. The minimum Gasteiger partial charge on any atom is -0.497 e. The molecule has 2 amide bonds. The lowest BCUT2D eigenvalue weighted by atomic mass is 9.85. The van der Waals surface area contributed by atoms with Gasteiger partial charge in [0.25, 0.3) is 0 Å². The monoisotopic (exact) mass is 394 g/mol. The van der Waals surface area contributed by atoms with Gasteiger partial charge < -0.3 is 15.4 Å². The van der Waals surface area contributed by atoms with Crippen molar-refractivity contribution in [3.8, 4) is 5.75 Å². The molecule has 1 aliphatic rings. The van der Waals surface area contributed by atoms with Crippen molar-refractivity contribution in [3.63, 3.8) is 0 Å². The molecule has 5 heteroatoms.